The van der Waals surface area contributed by atoms with Crippen LogP contribution in [-0.4, -0.2) is 25.5 Å². The Labute approximate surface area is 152 Å². The van der Waals surface area contributed by atoms with Crippen molar-refractivity contribution in [2.45, 2.75) is 46.1 Å². The highest BCUT2D eigenvalue weighted by molar-refractivity contribution is 5.94. The summed E-state index contributed by atoms with van der Waals surface area (Å²) in [6.07, 6.45) is 2.30. The Kier molecular flexibility index (Phi) is 3.90. The average molecular weight is 349 g/mol. The molecule has 3 aromatic rings. The fraction of sp³-hybridized carbons (Fsp3) is 0.350. The lowest BCUT2D eigenvalue weighted by Gasteiger charge is -2.24. The van der Waals surface area contributed by atoms with Crippen molar-refractivity contribution < 1.29 is 4.79 Å². The molecular formula is C20H23N5O. The van der Waals surface area contributed by atoms with Gasteiger partial charge in [0, 0.05) is 35.2 Å². The van der Waals surface area contributed by atoms with Crippen LogP contribution in [0.1, 0.15) is 54.7 Å². The topological polar surface area (TPSA) is 64.7 Å². The number of carbonyl (C=O) groups excluding carboxylic acids is 1. The number of anilines is 1. The Morgan fingerprint density at radius 2 is 1.92 bits per heavy atom. The monoisotopic (exact) mass is 349 g/mol. The highest BCUT2D eigenvalue weighted by atomic mass is 16.1. The van der Waals surface area contributed by atoms with E-state index in [9.17, 15) is 4.79 Å². The van der Waals surface area contributed by atoms with Crippen LogP contribution >= 0.6 is 0 Å². The maximum Gasteiger partial charge on any atom is 0.226 e. The Balaban J connectivity index is 1.85. The van der Waals surface area contributed by atoms with Crippen LogP contribution in [-0.2, 0) is 4.79 Å². The van der Waals surface area contributed by atoms with Crippen molar-refractivity contribution in [3.05, 3.63) is 59.0 Å². The summed E-state index contributed by atoms with van der Waals surface area (Å²) < 4.78 is 3.84. The zero-order valence-electron chi connectivity index (χ0n) is 15.5. The van der Waals surface area contributed by atoms with Crippen LogP contribution < -0.4 is 5.32 Å². The Hall–Kier alpha value is -2.89. The van der Waals surface area contributed by atoms with Gasteiger partial charge in [-0.25, -0.2) is 9.36 Å². The standard InChI is InChI=1S/C20H23N5O/c1-12(2)24-20-17(11-21-24)16(10-18(26)22-20)19-13(3)23-25(14(19)4)15-8-6-5-7-9-15/h5-9,11-12,16H,10H2,1-4H3,(H,22,26). The molecule has 0 bridgehead atoms. The number of rotatable bonds is 3. The van der Waals surface area contributed by atoms with Gasteiger partial charge in [0.25, 0.3) is 0 Å². The summed E-state index contributed by atoms with van der Waals surface area (Å²) in [5, 5.41) is 12.3. The van der Waals surface area contributed by atoms with Gasteiger partial charge in [-0.2, -0.15) is 10.2 Å². The number of hydrogen-bond donors (Lipinski definition) is 1. The van der Waals surface area contributed by atoms with Crippen molar-refractivity contribution >= 4 is 11.7 Å². The molecule has 1 aliphatic heterocycles. The summed E-state index contributed by atoms with van der Waals surface area (Å²) in [6.45, 7) is 8.21. The van der Waals surface area contributed by atoms with E-state index in [-0.39, 0.29) is 17.9 Å². The summed E-state index contributed by atoms with van der Waals surface area (Å²) in [5.74, 6) is 0.812. The van der Waals surface area contributed by atoms with E-state index in [2.05, 4.69) is 31.2 Å². The number of fused-ring (bicyclic) bond motifs is 1. The fourth-order valence-electron chi connectivity index (χ4n) is 3.87. The van der Waals surface area contributed by atoms with Crippen molar-refractivity contribution in [2.24, 2.45) is 0 Å². The van der Waals surface area contributed by atoms with Crippen molar-refractivity contribution in [1.82, 2.24) is 19.6 Å². The van der Waals surface area contributed by atoms with Crippen LogP contribution in [0.3, 0.4) is 0 Å². The second-order valence-electron chi connectivity index (χ2n) is 7.12. The average Bonchev–Trinajstić information content (AvgIpc) is 3.16. The predicted molar refractivity (Wildman–Crippen MR) is 101 cm³/mol. The van der Waals surface area contributed by atoms with E-state index in [1.165, 1.54) is 0 Å². The second kappa shape index (κ2) is 6.12. The summed E-state index contributed by atoms with van der Waals surface area (Å²) in [4.78, 5) is 12.4. The lowest BCUT2D eigenvalue weighted by molar-refractivity contribution is -0.116. The molecule has 3 heterocycles. The lowest BCUT2D eigenvalue weighted by atomic mass is 9.86. The largest absolute Gasteiger partial charge is 0.311 e. The SMILES string of the molecule is Cc1nn(-c2ccccc2)c(C)c1C1CC(=O)Nc2c1cnn2C(C)C. The van der Waals surface area contributed by atoms with Gasteiger partial charge in [-0.15, -0.1) is 0 Å². The third kappa shape index (κ3) is 2.53. The molecule has 2 aromatic heterocycles. The highest BCUT2D eigenvalue weighted by Gasteiger charge is 2.33. The van der Waals surface area contributed by atoms with Gasteiger partial charge in [0.2, 0.25) is 5.91 Å². The van der Waals surface area contributed by atoms with E-state index in [1.807, 2.05) is 52.8 Å². The lowest BCUT2D eigenvalue weighted by Crippen LogP contribution is -2.25. The van der Waals surface area contributed by atoms with Gasteiger partial charge < -0.3 is 5.32 Å². The van der Waals surface area contributed by atoms with Gasteiger partial charge in [0.15, 0.2) is 0 Å². The normalized spacial score (nSPS) is 16.7. The van der Waals surface area contributed by atoms with Crippen molar-refractivity contribution in [3.63, 3.8) is 0 Å². The van der Waals surface area contributed by atoms with Crippen LogP contribution in [0.5, 0.6) is 0 Å². The molecule has 1 aromatic carbocycles. The molecular weight excluding hydrogens is 326 g/mol. The van der Waals surface area contributed by atoms with E-state index in [0.29, 0.717) is 6.42 Å². The molecule has 0 aliphatic carbocycles. The molecule has 0 spiro atoms. The molecule has 1 atom stereocenters. The first-order chi connectivity index (χ1) is 12.5. The second-order valence-corrected chi connectivity index (χ2v) is 7.12. The summed E-state index contributed by atoms with van der Waals surface area (Å²) in [7, 11) is 0. The van der Waals surface area contributed by atoms with Gasteiger partial charge in [-0.1, -0.05) is 18.2 Å². The number of amides is 1. The first-order valence-corrected chi connectivity index (χ1v) is 8.96. The predicted octanol–water partition coefficient (Wildman–Crippen LogP) is 3.74. The van der Waals surface area contributed by atoms with Crippen LogP contribution in [0.15, 0.2) is 36.5 Å². The van der Waals surface area contributed by atoms with Gasteiger partial charge in [-0.3, -0.25) is 4.79 Å². The molecule has 1 N–H and O–H groups in total. The number of hydrogen-bond acceptors (Lipinski definition) is 3. The number of benzene rings is 1. The zero-order chi connectivity index (χ0) is 18.4. The molecule has 0 radical (unpaired) electrons. The van der Waals surface area contributed by atoms with E-state index in [4.69, 9.17) is 5.10 Å². The number of carbonyl (C=O) groups is 1. The van der Waals surface area contributed by atoms with Crippen molar-refractivity contribution in [3.8, 4) is 5.69 Å². The number of aromatic nitrogens is 4. The zero-order valence-corrected chi connectivity index (χ0v) is 15.5. The van der Waals surface area contributed by atoms with Crippen LogP contribution in [0.2, 0.25) is 0 Å². The number of nitrogens with one attached hydrogen (secondary N) is 1. The van der Waals surface area contributed by atoms with Gasteiger partial charge in [-0.05, 0) is 39.8 Å². The summed E-state index contributed by atoms with van der Waals surface area (Å²) in [5.41, 5.74) is 5.23. The van der Waals surface area contributed by atoms with Crippen LogP contribution in [0.4, 0.5) is 5.82 Å². The minimum Gasteiger partial charge on any atom is -0.311 e. The molecule has 6 nitrogen and oxygen atoms in total. The molecule has 0 fully saturated rings. The fourth-order valence-corrected chi connectivity index (χ4v) is 3.87. The molecule has 1 aliphatic rings. The molecule has 6 heteroatoms. The van der Waals surface area contributed by atoms with Crippen molar-refractivity contribution in [1.29, 1.82) is 0 Å². The molecule has 1 unspecified atom stereocenters. The quantitative estimate of drug-likeness (QED) is 0.783. The van der Waals surface area contributed by atoms with Gasteiger partial charge >= 0.3 is 0 Å². The van der Waals surface area contributed by atoms with E-state index < -0.39 is 0 Å². The Morgan fingerprint density at radius 3 is 2.62 bits per heavy atom. The smallest absolute Gasteiger partial charge is 0.226 e. The van der Waals surface area contributed by atoms with Crippen molar-refractivity contribution in [2.75, 3.05) is 5.32 Å². The molecule has 134 valence electrons. The summed E-state index contributed by atoms with van der Waals surface area (Å²) in [6, 6.07) is 10.3. The highest BCUT2D eigenvalue weighted by Crippen LogP contribution is 2.40. The van der Waals surface area contributed by atoms with Gasteiger partial charge in [0.1, 0.15) is 5.82 Å². The third-order valence-electron chi connectivity index (χ3n) is 5.03. The first-order valence-electron chi connectivity index (χ1n) is 8.96. The minimum atomic E-state index is -0.0243. The molecule has 0 saturated carbocycles. The van der Waals surface area contributed by atoms with E-state index in [0.717, 1.165) is 34.0 Å². The number of nitrogens with zero attached hydrogens (tertiary/aromatic N) is 4. The van der Waals surface area contributed by atoms with E-state index in [1.54, 1.807) is 0 Å². The molecule has 1 amide bonds. The van der Waals surface area contributed by atoms with Crippen LogP contribution in [0, 0.1) is 13.8 Å². The number of para-hydroxylation sites is 1. The van der Waals surface area contributed by atoms with Gasteiger partial charge in [0.05, 0.1) is 17.6 Å². The minimum absolute atomic E-state index is 0.0242. The molecule has 4 rings (SSSR count). The third-order valence-corrected chi connectivity index (χ3v) is 5.03. The molecule has 0 saturated heterocycles. The molecule has 26 heavy (non-hydrogen) atoms. The van der Waals surface area contributed by atoms with Crippen LogP contribution in [0.25, 0.3) is 5.69 Å². The summed E-state index contributed by atoms with van der Waals surface area (Å²) >= 11 is 0. The van der Waals surface area contributed by atoms with E-state index >= 15 is 0 Å². The Morgan fingerprint density at radius 1 is 1.19 bits per heavy atom. The maximum absolute atomic E-state index is 12.4. The Bertz CT molecular complexity index is 968. The maximum atomic E-state index is 12.4. The first kappa shape index (κ1) is 16.6. The number of aryl methyl sites for hydroxylation is 1.